The van der Waals surface area contributed by atoms with Crippen molar-refractivity contribution in [2.75, 3.05) is 0 Å². The molecule has 0 saturated heterocycles. The summed E-state index contributed by atoms with van der Waals surface area (Å²) in [4.78, 5) is 0. The van der Waals surface area contributed by atoms with Crippen LogP contribution in [0.1, 0.15) is 0 Å². The van der Waals surface area contributed by atoms with Gasteiger partial charge in [-0.15, -0.1) is 0 Å². The first-order valence-corrected chi connectivity index (χ1v) is 3.33. The summed E-state index contributed by atoms with van der Waals surface area (Å²) in [6.07, 6.45) is 2.68. The molecule has 50 valence electrons. The van der Waals surface area contributed by atoms with Gasteiger partial charge in [0.25, 0.3) is 0 Å². The molecule has 0 spiro atoms. The Labute approximate surface area is 65.5 Å². The number of nitrogens with one attached hydrogen (secondary N) is 1. The number of hydrogen-bond donors (Lipinski definition) is 2. The molecule has 0 aromatic carbocycles. The predicted molar refractivity (Wildman–Crippen MR) is 40.5 cm³/mol. The van der Waals surface area contributed by atoms with Crippen molar-refractivity contribution in [1.29, 1.82) is 0 Å². The van der Waals surface area contributed by atoms with Crippen molar-refractivity contribution in [2.24, 2.45) is 5.73 Å². The summed E-state index contributed by atoms with van der Waals surface area (Å²) >= 11 is 1.80. The van der Waals surface area contributed by atoms with E-state index in [1.165, 1.54) is 12.4 Å². The lowest BCUT2D eigenvalue weighted by Crippen LogP contribution is -2.23. The third kappa shape index (κ3) is 1.26. The molecule has 0 aromatic rings. The van der Waals surface area contributed by atoms with Crippen LogP contribution in [-0.4, -0.2) is 5.12 Å². The van der Waals surface area contributed by atoms with Crippen LogP contribution in [0.3, 0.4) is 0 Å². The van der Waals surface area contributed by atoms with Crippen molar-refractivity contribution in [3.8, 4) is 0 Å². The van der Waals surface area contributed by atoms with Crippen LogP contribution in [0.25, 0.3) is 0 Å². The van der Waals surface area contributed by atoms with E-state index in [1.807, 2.05) is 0 Å². The van der Waals surface area contributed by atoms with Crippen molar-refractivity contribution in [3.63, 3.8) is 0 Å². The molecule has 0 saturated carbocycles. The highest BCUT2D eigenvalue weighted by atomic mass is 127. The molecular weight excluding hydrogens is 236 g/mol. The molecule has 0 aromatic heterocycles. The van der Waals surface area contributed by atoms with Gasteiger partial charge in [-0.2, -0.15) is 5.12 Å². The number of rotatable bonds is 0. The fraction of sp³-hybridized carbons (Fsp3) is 0. The Hall–Kier alpha value is -0.460. The highest BCUT2D eigenvalue weighted by Gasteiger charge is 2.08. The standard InChI is InChI=1S/C4H5FIN3/c5-9-2-1-8-4(7)3(9)6/h1-2,8H,7H2. The van der Waals surface area contributed by atoms with Crippen molar-refractivity contribution in [3.05, 3.63) is 21.9 Å². The quantitative estimate of drug-likeness (QED) is 0.374. The van der Waals surface area contributed by atoms with Crippen LogP contribution < -0.4 is 11.1 Å². The average Bonchev–Trinajstić information content (AvgIpc) is 1.83. The fourth-order valence-electron chi connectivity index (χ4n) is 0.433. The van der Waals surface area contributed by atoms with Gasteiger partial charge in [-0.25, -0.2) is 0 Å². The number of nitrogens with two attached hydrogens (primary N) is 1. The van der Waals surface area contributed by atoms with Gasteiger partial charge in [0.05, 0.1) is 6.20 Å². The topological polar surface area (TPSA) is 41.3 Å². The first-order chi connectivity index (χ1) is 4.22. The maximum Gasteiger partial charge on any atom is 0.152 e. The van der Waals surface area contributed by atoms with Gasteiger partial charge in [0.2, 0.25) is 0 Å². The average molecular weight is 241 g/mol. The Morgan fingerprint density at radius 3 is 2.89 bits per heavy atom. The summed E-state index contributed by atoms with van der Waals surface area (Å²) in [7, 11) is 0. The van der Waals surface area contributed by atoms with Crippen LogP contribution in [0.5, 0.6) is 0 Å². The zero-order valence-electron chi connectivity index (χ0n) is 4.44. The van der Waals surface area contributed by atoms with E-state index in [2.05, 4.69) is 5.32 Å². The minimum atomic E-state index is 0.334. The molecule has 3 nitrogen and oxygen atoms in total. The van der Waals surface area contributed by atoms with Crippen LogP contribution in [0.4, 0.5) is 4.48 Å². The Morgan fingerprint density at radius 1 is 1.78 bits per heavy atom. The maximum atomic E-state index is 12.4. The molecular formula is C4H5FIN3. The van der Waals surface area contributed by atoms with Gasteiger partial charge in [0.1, 0.15) is 5.82 Å². The summed E-state index contributed by atoms with van der Waals surface area (Å²) < 4.78 is 12.7. The Kier molecular flexibility index (Phi) is 1.79. The summed E-state index contributed by atoms with van der Waals surface area (Å²) in [5.41, 5.74) is 5.30. The number of halogens is 2. The molecule has 0 radical (unpaired) electrons. The smallest absolute Gasteiger partial charge is 0.152 e. The van der Waals surface area contributed by atoms with E-state index in [-0.39, 0.29) is 0 Å². The van der Waals surface area contributed by atoms with Gasteiger partial charge >= 0.3 is 0 Å². The molecule has 1 aliphatic rings. The van der Waals surface area contributed by atoms with Crippen molar-refractivity contribution in [2.45, 2.75) is 0 Å². The SMILES string of the molecule is NC1=C(I)N(F)C=CN1. The second kappa shape index (κ2) is 2.42. The van der Waals surface area contributed by atoms with Gasteiger partial charge in [-0.3, -0.25) is 0 Å². The van der Waals surface area contributed by atoms with Crippen LogP contribution >= 0.6 is 22.6 Å². The van der Waals surface area contributed by atoms with E-state index in [4.69, 9.17) is 5.73 Å². The Bertz CT molecular complexity index is 177. The fourth-order valence-corrected chi connectivity index (χ4v) is 0.749. The van der Waals surface area contributed by atoms with Gasteiger partial charge in [-0.05, 0) is 22.6 Å². The molecule has 0 unspecified atom stereocenters. The number of nitrogens with zero attached hydrogens (tertiary/aromatic N) is 1. The van der Waals surface area contributed by atoms with Crippen molar-refractivity contribution >= 4 is 22.6 Å². The minimum Gasteiger partial charge on any atom is -0.383 e. The molecule has 0 fully saturated rings. The highest BCUT2D eigenvalue weighted by Crippen LogP contribution is 2.17. The Morgan fingerprint density at radius 2 is 2.44 bits per heavy atom. The monoisotopic (exact) mass is 241 g/mol. The summed E-state index contributed by atoms with van der Waals surface area (Å²) in [6, 6.07) is 0. The number of hydrogen-bond acceptors (Lipinski definition) is 3. The second-order valence-corrected chi connectivity index (χ2v) is 2.50. The molecule has 1 heterocycles. The van der Waals surface area contributed by atoms with Gasteiger partial charge in [0, 0.05) is 6.20 Å². The lowest BCUT2D eigenvalue weighted by molar-refractivity contribution is 0.150. The van der Waals surface area contributed by atoms with E-state index < -0.39 is 0 Å². The van der Waals surface area contributed by atoms with E-state index in [0.717, 1.165) is 0 Å². The maximum absolute atomic E-state index is 12.4. The molecule has 0 aliphatic carbocycles. The minimum absolute atomic E-state index is 0.334. The Balaban J connectivity index is 2.79. The van der Waals surface area contributed by atoms with Crippen LogP contribution in [0, 0.1) is 0 Å². The van der Waals surface area contributed by atoms with Crippen LogP contribution in [0.2, 0.25) is 0 Å². The second-order valence-electron chi connectivity index (χ2n) is 1.48. The summed E-state index contributed by atoms with van der Waals surface area (Å²) in [5.74, 6) is 0.334. The van der Waals surface area contributed by atoms with Crippen molar-refractivity contribution in [1.82, 2.24) is 10.4 Å². The van der Waals surface area contributed by atoms with Gasteiger partial charge in [-0.1, -0.05) is 4.48 Å². The molecule has 0 atom stereocenters. The molecule has 1 rings (SSSR count). The van der Waals surface area contributed by atoms with Crippen molar-refractivity contribution < 1.29 is 4.48 Å². The molecule has 5 heteroatoms. The highest BCUT2D eigenvalue weighted by molar-refractivity contribution is 14.1. The lowest BCUT2D eigenvalue weighted by Gasteiger charge is -2.14. The zero-order chi connectivity index (χ0) is 6.85. The first kappa shape index (κ1) is 6.66. The third-order valence-corrected chi connectivity index (χ3v) is 1.90. The van der Waals surface area contributed by atoms with E-state index in [9.17, 15) is 4.48 Å². The predicted octanol–water partition coefficient (Wildman–Crippen LogP) is 0.768. The van der Waals surface area contributed by atoms with E-state index >= 15 is 0 Å². The first-order valence-electron chi connectivity index (χ1n) is 2.25. The zero-order valence-corrected chi connectivity index (χ0v) is 6.59. The largest absolute Gasteiger partial charge is 0.383 e. The van der Waals surface area contributed by atoms with Gasteiger partial charge < -0.3 is 11.1 Å². The van der Waals surface area contributed by atoms with E-state index in [1.54, 1.807) is 22.6 Å². The molecule has 0 amide bonds. The summed E-state index contributed by atoms with van der Waals surface area (Å²) in [6.45, 7) is 0. The lowest BCUT2D eigenvalue weighted by atomic mass is 10.6. The van der Waals surface area contributed by atoms with Gasteiger partial charge in [0.15, 0.2) is 3.70 Å². The van der Waals surface area contributed by atoms with E-state index in [0.29, 0.717) is 14.6 Å². The third-order valence-electron chi connectivity index (χ3n) is 0.854. The van der Waals surface area contributed by atoms with Crippen LogP contribution in [0.15, 0.2) is 21.9 Å². The van der Waals surface area contributed by atoms with Crippen LogP contribution in [-0.2, 0) is 0 Å². The molecule has 1 aliphatic heterocycles. The summed E-state index contributed by atoms with van der Waals surface area (Å²) in [5, 5.41) is 3.10. The molecule has 3 N–H and O–H groups in total. The normalized spacial score (nSPS) is 18.2. The molecule has 9 heavy (non-hydrogen) atoms. The molecule has 0 bridgehead atoms.